The summed E-state index contributed by atoms with van der Waals surface area (Å²) in [6, 6.07) is 7.32. The quantitative estimate of drug-likeness (QED) is 0.764. The van der Waals surface area contributed by atoms with Crippen LogP contribution in [0.5, 0.6) is 0 Å². The van der Waals surface area contributed by atoms with Crippen molar-refractivity contribution in [1.82, 2.24) is 10.2 Å². The van der Waals surface area contributed by atoms with E-state index in [0.717, 1.165) is 31.7 Å². The van der Waals surface area contributed by atoms with Crippen LogP contribution in [-0.2, 0) is 0 Å². The van der Waals surface area contributed by atoms with Crippen LogP contribution in [0.15, 0.2) is 29.2 Å². The molecule has 3 rings (SSSR count). The highest BCUT2D eigenvalue weighted by Crippen LogP contribution is 2.45. The summed E-state index contributed by atoms with van der Waals surface area (Å²) >= 11 is -0.0428. The third-order valence-electron chi connectivity index (χ3n) is 4.07. The average molecular weight is 389 g/mol. The Morgan fingerprint density at radius 2 is 1.61 bits per heavy atom. The Morgan fingerprint density at radius 3 is 2.09 bits per heavy atom. The van der Waals surface area contributed by atoms with Crippen LogP contribution in [0.25, 0.3) is 0 Å². The van der Waals surface area contributed by atoms with E-state index in [-0.39, 0.29) is 41.5 Å². The van der Waals surface area contributed by atoms with Gasteiger partial charge in [-0.05, 0) is 48.2 Å². The van der Waals surface area contributed by atoms with E-state index in [9.17, 15) is 13.2 Å². The lowest BCUT2D eigenvalue weighted by Crippen LogP contribution is -2.45. The number of nitrogens with one attached hydrogen (secondary N) is 1. The number of halogens is 5. The van der Waals surface area contributed by atoms with Crippen LogP contribution >= 0.6 is 36.6 Å². The number of hydrogen-bond acceptors (Lipinski definition) is 3. The molecule has 2 aliphatic rings. The molecule has 23 heavy (non-hydrogen) atoms. The molecule has 1 saturated heterocycles. The van der Waals surface area contributed by atoms with Crippen LogP contribution < -0.4 is 5.32 Å². The summed E-state index contributed by atoms with van der Waals surface area (Å²) in [6.07, 6.45) is 2.46. The molecule has 1 aromatic carbocycles. The van der Waals surface area contributed by atoms with Crippen molar-refractivity contribution in [3.63, 3.8) is 0 Å². The Kier molecular flexibility index (Phi) is 8.01. The number of benzene rings is 1. The van der Waals surface area contributed by atoms with Crippen molar-refractivity contribution in [3.05, 3.63) is 29.8 Å². The van der Waals surface area contributed by atoms with Gasteiger partial charge in [-0.2, -0.15) is 13.2 Å². The highest BCUT2D eigenvalue weighted by atomic mass is 35.5. The van der Waals surface area contributed by atoms with Crippen molar-refractivity contribution in [2.45, 2.75) is 29.3 Å². The normalized spacial score (nSPS) is 20.3. The first-order valence-electron chi connectivity index (χ1n) is 7.33. The van der Waals surface area contributed by atoms with Gasteiger partial charge in [-0.25, -0.2) is 0 Å². The first-order chi connectivity index (χ1) is 10.0. The first-order valence-corrected chi connectivity index (χ1v) is 8.15. The third kappa shape index (κ3) is 6.02. The Balaban J connectivity index is 0.00000132. The van der Waals surface area contributed by atoms with Gasteiger partial charge in [0.25, 0.3) is 0 Å². The second-order valence-electron chi connectivity index (χ2n) is 5.69. The largest absolute Gasteiger partial charge is 0.446 e. The lowest BCUT2D eigenvalue weighted by Gasteiger charge is -2.35. The smallest absolute Gasteiger partial charge is 0.314 e. The van der Waals surface area contributed by atoms with Gasteiger partial charge < -0.3 is 5.32 Å². The lowest BCUT2D eigenvalue weighted by atomic mass is 10.00. The Hall–Kier alpha value is -0.140. The maximum Gasteiger partial charge on any atom is 0.446 e. The third-order valence-corrected chi connectivity index (χ3v) is 4.81. The molecule has 1 aliphatic carbocycles. The van der Waals surface area contributed by atoms with Gasteiger partial charge in [0.05, 0.1) is 0 Å². The highest BCUT2D eigenvalue weighted by molar-refractivity contribution is 8.00. The second-order valence-corrected chi connectivity index (χ2v) is 6.82. The summed E-state index contributed by atoms with van der Waals surface area (Å²) in [5.41, 5.74) is -3.05. The summed E-state index contributed by atoms with van der Waals surface area (Å²) in [4.78, 5) is 2.74. The fourth-order valence-corrected chi connectivity index (χ4v) is 3.56. The molecule has 8 heteroatoms. The Morgan fingerprint density at radius 1 is 1.04 bits per heavy atom. The molecule has 1 aliphatic heterocycles. The lowest BCUT2D eigenvalue weighted by molar-refractivity contribution is -0.0328. The summed E-state index contributed by atoms with van der Waals surface area (Å²) < 4.78 is 37.1. The standard InChI is InChI=1S/C15H19F3N2S.2ClH/c16-15(17,18)21-13-5-3-12(4-6-13)14(11-1-2-11)20-9-7-19-8-10-20;;/h3-6,11,14,19H,1-2,7-10H2;2*1H/t14-;;/m0../s1. The van der Waals surface area contributed by atoms with Crippen LogP contribution in [-0.4, -0.2) is 36.6 Å². The number of hydrogen-bond donors (Lipinski definition) is 1. The monoisotopic (exact) mass is 388 g/mol. The van der Waals surface area contributed by atoms with Gasteiger partial charge in [-0.15, -0.1) is 24.8 Å². The van der Waals surface area contributed by atoms with Crippen molar-refractivity contribution < 1.29 is 13.2 Å². The maximum atomic E-state index is 12.4. The second kappa shape index (κ2) is 8.81. The molecular weight excluding hydrogens is 368 g/mol. The van der Waals surface area contributed by atoms with E-state index in [0.29, 0.717) is 12.0 Å². The number of alkyl halides is 3. The summed E-state index contributed by atoms with van der Waals surface area (Å²) in [5, 5.41) is 3.35. The highest BCUT2D eigenvalue weighted by Gasteiger charge is 2.36. The minimum atomic E-state index is -4.21. The van der Waals surface area contributed by atoms with Gasteiger partial charge in [-0.3, -0.25) is 4.90 Å². The van der Waals surface area contributed by atoms with E-state index >= 15 is 0 Å². The van der Waals surface area contributed by atoms with Crippen molar-refractivity contribution in [2.24, 2.45) is 5.92 Å². The molecule has 0 amide bonds. The molecule has 0 spiro atoms. The van der Waals surface area contributed by atoms with E-state index in [1.54, 1.807) is 12.1 Å². The van der Waals surface area contributed by atoms with Crippen molar-refractivity contribution in [2.75, 3.05) is 26.2 Å². The molecule has 0 radical (unpaired) electrons. The van der Waals surface area contributed by atoms with E-state index < -0.39 is 5.51 Å². The van der Waals surface area contributed by atoms with Gasteiger partial charge in [0.2, 0.25) is 0 Å². The minimum Gasteiger partial charge on any atom is -0.314 e. The molecule has 0 aromatic heterocycles. The summed E-state index contributed by atoms with van der Waals surface area (Å²) in [7, 11) is 0. The Bertz CT molecular complexity index is 475. The molecule has 2 fully saturated rings. The van der Waals surface area contributed by atoms with Crippen molar-refractivity contribution in [3.8, 4) is 0 Å². The summed E-state index contributed by atoms with van der Waals surface area (Å²) in [6.45, 7) is 4.01. The predicted molar refractivity (Wildman–Crippen MR) is 92.8 cm³/mol. The Labute approximate surface area is 151 Å². The number of nitrogens with zero attached hydrogens (tertiary/aromatic N) is 1. The van der Waals surface area contributed by atoms with Gasteiger partial charge in [0, 0.05) is 37.1 Å². The maximum absolute atomic E-state index is 12.4. The fraction of sp³-hybridized carbons (Fsp3) is 0.600. The molecule has 2 nitrogen and oxygen atoms in total. The van der Waals surface area contributed by atoms with Crippen LogP contribution in [0.3, 0.4) is 0 Å². The minimum absolute atomic E-state index is 0. The predicted octanol–water partition coefficient (Wildman–Crippen LogP) is 4.50. The van der Waals surface area contributed by atoms with Crippen molar-refractivity contribution >= 4 is 36.6 Å². The van der Waals surface area contributed by atoms with Crippen LogP contribution in [0.1, 0.15) is 24.4 Å². The molecule has 1 heterocycles. The molecule has 0 unspecified atom stereocenters. The van der Waals surface area contributed by atoms with E-state index in [1.807, 2.05) is 12.1 Å². The van der Waals surface area contributed by atoms with Gasteiger partial charge in [0.15, 0.2) is 0 Å². The molecule has 1 aromatic rings. The first kappa shape index (κ1) is 20.9. The molecule has 1 saturated carbocycles. The average Bonchev–Trinajstić information content (AvgIpc) is 3.25. The SMILES string of the molecule is Cl.Cl.FC(F)(F)Sc1ccc([C@H](C2CC2)N2CCNCC2)cc1. The molecule has 0 bridgehead atoms. The summed E-state index contributed by atoms with van der Waals surface area (Å²) in [5.74, 6) is 0.671. The van der Waals surface area contributed by atoms with Gasteiger partial charge in [0.1, 0.15) is 0 Å². The number of thioether (sulfide) groups is 1. The number of piperazine rings is 1. The van der Waals surface area contributed by atoms with Crippen LogP contribution in [0.4, 0.5) is 13.2 Å². The van der Waals surface area contributed by atoms with E-state index in [1.165, 1.54) is 12.8 Å². The topological polar surface area (TPSA) is 15.3 Å². The zero-order valence-electron chi connectivity index (χ0n) is 12.5. The molecule has 1 atom stereocenters. The van der Waals surface area contributed by atoms with E-state index in [4.69, 9.17) is 0 Å². The van der Waals surface area contributed by atoms with Crippen molar-refractivity contribution in [1.29, 1.82) is 0 Å². The van der Waals surface area contributed by atoms with Gasteiger partial charge >= 0.3 is 5.51 Å². The van der Waals surface area contributed by atoms with E-state index in [2.05, 4.69) is 10.2 Å². The van der Waals surface area contributed by atoms with Crippen LogP contribution in [0.2, 0.25) is 0 Å². The molecule has 132 valence electrons. The molecule has 1 N–H and O–H groups in total. The fourth-order valence-electron chi connectivity index (χ4n) is 3.02. The number of rotatable bonds is 4. The van der Waals surface area contributed by atoms with Crippen LogP contribution in [0, 0.1) is 5.92 Å². The molecular formula is C15H21Cl2F3N2S. The zero-order valence-corrected chi connectivity index (χ0v) is 15.0. The zero-order chi connectivity index (χ0) is 14.9. The van der Waals surface area contributed by atoms with Gasteiger partial charge in [-0.1, -0.05) is 12.1 Å².